The molecule has 0 amide bonds. The fraction of sp³-hybridized carbons (Fsp3) is 0.125. The normalized spacial score (nSPS) is 11.9. The Morgan fingerprint density at radius 1 is 1.30 bits per heavy atom. The molecule has 8 nitrogen and oxygen atoms in total. The molecule has 5 N–H and O–H groups in total. The second kappa shape index (κ2) is 7.70. The molecule has 3 rings (SSSR count). The second-order valence-electron chi connectivity index (χ2n) is 5.54. The molecule has 0 saturated carbocycles. The lowest BCUT2D eigenvalue weighted by Gasteiger charge is -2.17. The third-order valence-corrected chi connectivity index (χ3v) is 4.28. The Labute approximate surface area is 157 Å². The van der Waals surface area contributed by atoms with Crippen molar-refractivity contribution in [3.8, 4) is 10.6 Å². The van der Waals surface area contributed by atoms with Crippen LogP contribution in [0, 0.1) is 18.6 Å². The number of pyridine rings is 1. The molecule has 2 heterocycles. The van der Waals surface area contributed by atoms with Crippen LogP contribution in [0.4, 0.5) is 20.3 Å². The van der Waals surface area contributed by atoms with E-state index in [1.165, 1.54) is 30.5 Å². The smallest absolute Gasteiger partial charge is 0.184 e. The molecule has 0 radical (unpaired) electrons. The highest BCUT2D eigenvalue weighted by molar-refractivity contribution is 7.14. The van der Waals surface area contributed by atoms with Crippen LogP contribution in [0.1, 0.15) is 10.6 Å². The number of amidine groups is 1. The molecule has 27 heavy (non-hydrogen) atoms. The van der Waals surface area contributed by atoms with Gasteiger partial charge in [-0.1, -0.05) is 17.4 Å². The first-order valence-electron chi connectivity index (χ1n) is 7.69. The molecule has 0 unspecified atom stereocenters. The molecule has 2 aromatic heterocycles. The molecule has 0 spiro atoms. The topological polar surface area (TPSA) is 118 Å². The summed E-state index contributed by atoms with van der Waals surface area (Å²) < 4.78 is 27.6. The van der Waals surface area contributed by atoms with Crippen molar-refractivity contribution in [1.29, 1.82) is 0 Å². The Balaban J connectivity index is 2.12. The van der Waals surface area contributed by atoms with Gasteiger partial charge in [0.15, 0.2) is 17.5 Å². The first-order chi connectivity index (χ1) is 12.8. The Hall–Kier alpha value is -3.02. The Morgan fingerprint density at radius 2 is 2.07 bits per heavy atom. The molecule has 11 heteroatoms. The first-order valence-corrected chi connectivity index (χ1v) is 8.51. The van der Waals surface area contributed by atoms with Crippen molar-refractivity contribution in [3.63, 3.8) is 0 Å². The van der Waals surface area contributed by atoms with E-state index in [0.717, 1.165) is 16.2 Å². The van der Waals surface area contributed by atoms with E-state index in [4.69, 9.17) is 11.6 Å². The van der Waals surface area contributed by atoms with Crippen molar-refractivity contribution in [1.82, 2.24) is 25.7 Å². The number of nitrogen functional groups attached to an aromatic ring is 1. The fourth-order valence-corrected chi connectivity index (χ4v) is 2.88. The largest absolute Gasteiger partial charge is 0.383 e. The van der Waals surface area contributed by atoms with Gasteiger partial charge in [0.2, 0.25) is 0 Å². The summed E-state index contributed by atoms with van der Waals surface area (Å²) in [5.74, 6) is 3.77. The molecule has 0 aliphatic heterocycles. The maximum Gasteiger partial charge on any atom is 0.184 e. The highest BCUT2D eigenvalue weighted by atomic mass is 32.1. The number of rotatable bonds is 4. The average Bonchev–Trinajstić information content (AvgIpc) is 3.05. The third-order valence-electron chi connectivity index (χ3n) is 3.39. The SMILES string of the molecule is Cc1nnc(-c2cnc(N)c(C(=Nc3cccc(F)c3F)NN(C)N)c2)s1. The van der Waals surface area contributed by atoms with Crippen LogP contribution in [-0.2, 0) is 0 Å². The maximum atomic E-state index is 14.0. The van der Waals surface area contributed by atoms with Gasteiger partial charge in [0.25, 0.3) is 0 Å². The third kappa shape index (κ3) is 4.22. The molecule has 0 aliphatic rings. The zero-order valence-corrected chi connectivity index (χ0v) is 15.3. The molecule has 1 aromatic carbocycles. The summed E-state index contributed by atoms with van der Waals surface area (Å²) in [4.78, 5) is 8.29. The van der Waals surface area contributed by atoms with E-state index < -0.39 is 11.6 Å². The van der Waals surface area contributed by atoms with Crippen LogP contribution in [0.2, 0.25) is 0 Å². The minimum Gasteiger partial charge on any atom is -0.383 e. The predicted octanol–water partition coefficient (Wildman–Crippen LogP) is 2.16. The number of aliphatic imine (C=N–C) groups is 1. The Morgan fingerprint density at radius 3 is 2.74 bits per heavy atom. The summed E-state index contributed by atoms with van der Waals surface area (Å²) in [6.07, 6.45) is 1.55. The number of nitrogens with one attached hydrogen (secondary N) is 1. The van der Waals surface area contributed by atoms with Crippen molar-refractivity contribution in [2.24, 2.45) is 10.8 Å². The number of hydrogen-bond acceptors (Lipinski definition) is 8. The van der Waals surface area contributed by atoms with E-state index in [1.54, 1.807) is 12.3 Å². The first kappa shape index (κ1) is 18.8. The number of halogens is 2. The predicted molar refractivity (Wildman–Crippen MR) is 99.9 cm³/mol. The minimum atomic E-state index is -1.08. The summed E-state index contributed by atoms with van der Waals surface area (Å²) in [6, 6.07) is 5.36. The molecule has 0 bridgehead atoms. The Bertz CT molecular complexity index is 1000. The van der Waals surface area contributed by atoms with Crippen LogP contribution >= 0.6 is 11.3 Å². The highest BCUT2D eigenvalue weighted by Gasteiger charge is 2.16. The number of hydrogen-bond donors (Lipinski definition) is 3. The number of aryl methyl sites for hydroxylation is 1. The quantitative estimate of drug-likeness (QED) is 0.270. The number of anilines is 1. The molecule has 0 saturated heterocycles. The maximum absolute atomic E-state index is 14.0. The van der Waals surface area contributed by atoms with Gasteiger partial charge in [-0.05, 0) is 25.1 Å². The van der Waals surface area contributed by atoms with E-state index in [-0.39, 0.29) is 17.3 Å². The van der Waals surface area contributed by atoms with Crippen molar-refractivity contribution in [3.05, 3.63) is 52.7 Å². The van der Waals surface area contributed by atoms with Gasteiger partial charge in [0.05, 0.1) is 5.56 Å². The molecule has 0 aliphatic carbocycles. The van der Waals surface area contributed by atoms with Crippen LogP contribution < -0.4 is 17.0 Å². The van der Waals surface area contributed by atoms with E-state index >= 15 is 0 Å². The zero-order valence-electron chi connectivity index (χ0n) is 14.4. The highest BCUT2D eigenvalue weighted by Crippen LogP contribution is 2.26. The number of nitrogens with zero attached hydrogens (tertiary/aromatic N) is 5. The minimum absolute atomic E-state index is 0.0950. The van der Waals surface area contributed by atoms with Crippen molar-refractivity contribution in [2.75, 3.05) is 12.8 Å². The monoisotopic (exact) mass is 390 g/mol. The summed E-state index contributed by atoms with van der Waals surface area (Å²) in [5, 5.41) is 10.6. The van der Waals surface area contributed by atoms with E-state index in [1.807, 2.05) is 6.92 Å². The van der Waals surface area contributed by atoms with Crippen LogP contribution in [0.25, 0.3) is 10.6 Å². The number of nitrogens with two attached hydrogens (primary N) is 2. The van der Waals surface area contributed by atoms with Crippen LogP contribution in [0.3, 0.4) is 0 Å². The van der Waals surface area contributed by atoms with Crippen LogP contribution in [-0.4, -0.2) is 33.2 Å². The number of benzene rings is 1. The molecule has 3 aromatic rings. The van der Waals surface area contributed by atoms with E-state index in [9.17, 15) is 8.78 Å². The van der Waals surface area contributed by atoms with Crippen molar-refractivity contribution in [2.45, 2.75) is 6.92 Å². The van der Waals surface area contributed by atoms with Gasteiger partial charge in [-0.2, -0.15) is 5.12 Å². The number of hydrazine groups is 2. The van der Waals surface area contributed by atoms with Gasteiger partial charge in [-0.15, -0.1) is 10.2 Å². The summed E-state index contributed by atoms with van der Waals surface area (Å²) in [5.41, 5.74) is 9.50. The van der Waals surface area contributed by atoms with Gasteiger partial charge in [-0.3, -0.25) is 11.3 Å². The summed E-state index contributed by atoms with van der Waals surface area (Å²) in [6.45, 7) is 1.83. The van der Waals surface area contributed by atoms with Crippen molar-refractivity contribution >= 4 is 28.7 Å². The van der Waals surface area contributed by atoms with E-state index in [0.29, 0.717) is 16.1 Å². The van der Waals surface area contributed by atoms with E-state index in [2.05, 4.69) is 25.6 Å². The summed E-state index contributed by atoms with van der Waals surface area (Å²) >= 11 is 1.38. The van der Waals surface area contributed by atoms with Gasteiger partial charge >= 0.3 is 0 Å². The molecule has 140 valence electrons. The van der Waals surface area contributed by atoms with Gasteiger partial charge in [0.1, 0.15) is 21.5 Å². The van der Waals surface area contributed by atoms with Crippen LogP contribution in [0.15, 0.2) is 35.5 Å². The van der Waals surface area contributed by atoms with Gasteiger partial charge in [0, 0.05) is 18.8 Å². The molecule has 0 atom stereocenters. The molecular formula is C16H16F2N8S. The van der Waals surface area contributed by atoms with Crippen LogP contribution in [0.5, 0.6) is 0 Å². The lowest BCUT2D eigenvalue weighted by Crippen LogP contribution is -2.44. The van der Waals surface area contributed by atoms with Gasteiger partial charge in [-0.25, -0.2) is 18.8 Å². The standard InChI is InChI=1S/C16H16F2N8S/c1-8-23-24-16(27-8)9-6-10(14(19)21-7-9)15(25-26(2)20)22-12-5-3-4-11(17)13(12)18/h3-7H,20H2,1-2H3,(H2,19,21)(H,22,25). The fourth-order valence-electron chi connectivity index (χ4n) is 2.21. The Kier molecular flexibility index (Phi) is 5.35. The average molecular weight is 390 g/mol. The zero-order chi connectivity index (χ0) is 19.6. The lowest BCUT2D eigenvalue weighted by atomic mass is 10.1. The van der Waals surface area contributed by atoms with Gasteiger partial charge < -0.3 is 5.73 Å². The number of aromatic nitrogens is 3. The second-order valence-corrected chi connectivity index (χ2v) is 6.72. The molecular weight excluding hydrogens is 374 g/mol. The summed E-state index contributed by atoms with van der Waals surface area (Å²) in [7, 11) is 1.51. The lowest BCUT2D eigenvalue weighted by molar-refractivity contribution is 0.305. The molecule has 0 fully saturated rings. The van der Waals surface area contributed by atoms with Crippen molar-refractivity contribution < 1.29 is 8.78 Å².